The summed E-state index contributed by atoms with van der Waals surface area (Å²) in [6.45, 7) is 3.90. The monoisotopic (exact) mass is 426 g/mol. The second-order valence-electron chi connectivity index (χ2n) is 6.36. The summed E-state index contributed by atoms with van der Waals surface area (Å²) in [6.07, 6.45) is 0. The SMILES string of the molecule is CCN(CC)S(=O)(=O)c1ccc(F)c(C(=O)N(C)Cc2ccc(OC)c(F)c2)c1. The topological polar surface area (TPSA) is 66.9 Å². The molecule has 2 aromatic rings. The van der Waals surface area contributed by atoms with Crippen LogP contribution in [-0.4, -0.2) is 50.8 Å². The number of amides is 1. The predicted octanol–water partition coefficient (Wildman–Crippen LogP) is 3.28. The van der Waals surface area contributed by atoms with Gasteiger partial charge in [0, 0.05) is 26.7 Å². The molecule has 0 saturated heterocycles. The van der Waals surface area contributed by atoms with Crippen molar-refractivity contribution >= 4 is 15.9 Å². The van der Waals surface area contributed by atoms with E-state index in [9.17, 15) is 22.0 Å². The first-order chi connectivity index (χ1) is 13.6. The van der Waals surface area contributed by atoms with Crippen LogP contribution in [0.15, 0.2) is 41.3 Å². The number of nitrogens with zero attached hydrogens (tertiary/aromatic N) is 2. The van der Waals surface area contributed by atoms with Gasteiger partial charge in [0.15, 0.2) is 11.6 Å². The molecule has 29 heavy (non-hydrogen) atoms. The summed E-state index contributed by atoms with van der Waals surface area (Å²) in [7, 11) is -1.07. The molecule has 0 atom stereocenters. The van der Waals surface area contributed by atoms with Crippen LogP contribution in [0.1, 0.15) is 29.8 Å². The first-order valence-corrected chi connectivity index (χ1v) is 10.5. The first kappa shape index (κ1) is 22.8. The van der Waals surface area contributed by atoms with Gasteiger partial charge in [-0.05, 0) is 35.9 Å². The molecule has 0 bridgehead atoms. The molecule has 0 heterocycles. The van der Waals surface area contributed by atoms with Crippen molar-refractivity contribution in [2.75, 3.05) is 27.2 Å². The third-order valence-electron chi connectivity index (χ3n) is 4.49. The molecular formula is C20H24F2N2O4S. The van der Waals surface area contributed by atoms with Crippen molar-refractivity contribution in [2.45, 2.75) is 25.3 Å². The summed E-state index contributed by atoms with van der Waals surface area (Å²) in [5, 5.41) is 0. The number of methoxy groups -OCH3 is 1. The predicted molar refractivity (Wildman–Crippen MR) is 105 cm³/mol. The van der Waals surface area contributed by atoms with Crippen LogP contribution in [0.5, 0.6) is 5.75 Å². The second-order valence-corrected chi connectivity index (χ2v) is 8.30. The van der Waals surface area contributed by atoms with Crippen LogP contribution in [0, 0.1) is 11.6 Å². The Labute approximate surface area is 169 Å². The van der Waals surface area contributed by atoms with Gasteiger partial charge in [-0.1, -0.05) is 19.9 Å². The summed E-state index contributed by atoms with van der Waals surface area (Å²) < 4.78 is 59.6. The van der Waals surface area contributed by atoms with Gasteiger partial charge in [0.05, 0.1) is 17.6 Å². The Balaban J connectivity index is 2.31. The zero-order valence-corrected chi connectivity index (χ0v) is 17.6. The van der Waals surface area contributed by atoms with Crippen LogP contribution >= 0.6 is 0 Å². The van der Waals surface area contributed by atoms with Gasteiger partial charge in [-0.15, -0.1) is 0 Å². The highest BCUT2D eigenvalue weighted by molar-refractivity contribution is 7.89. The molecule has 1 amide bonds. The highest BCUT2D eigenvalue weighted by Crippen LogP contribution is 2.22. The number of hydrogen-bond donors (Lipinski definition) is 0. The molecule has 0 unspecified atom stereocenters. The number of sulfonamides is 1. The van der Waals surface area contributed by atoms with Crippen molar-refractivity contribution in [2.24, 2.45) is 0 Å². The molecule has 158 valence electrons. The number of rotatable bonds is 8. The lowest BCUT2D eigenvalue weighted by Gasteiger charge is -2.21. The van der Waals surface area contributed by atoms with Gasteiger partial charge in [0.1, 0.15) is 5.82 Å². The Bertz CT molecular complexity index is 992. The van der Waals surface area contributed by atoms with Gasteiger partial charge in [0.2, 0.25) is 10.0 Å². The summed E-state index contributed by atoms with van der Waals surface area (Å²) in [4.78, 5) is 13.8. The number of carbonyl (C=O) groups is 1. The van der Waals surface area contributed by atoms with E-state index in [1.54, 1.807) is 19.9 Å². The van der Waals surface area contributed by atoms with E-state index in [-0.39, 0.29) is 35.8 Å². The maximum atomic E-state index is 14.3. The molecule has 0 saturated carbocycles. The molecular weight excluding hydrogens is 402 g/mol. The lowest BCUT2D eigenvalue weighted by molar-refractivity contribution is 0.0780. The van der Waals surface area contributed by atoms with Crippen LogP contribution in [-0.2, 0) is 16.6 Å². The molecule has 0 fully saturated rings. The summed E-state index contributed by atoms with van der Waals surface area (Å²) in [5.74, 6) is -2.05. The Hall–Kier alpha value is -2.52. The fraction of sp³-hybridized carbons (Fsp3) is 0.350. The molecule has 0 spiro atoms. The molecule has 6 nitrogen and oxygen atoms in total. The van der Waals surface area contributed by atoms with E-state index in [4.69, 9.17) is 4.74 Å². The number of carbonyl (C=O) groups excluding carboxylic acids is 1. The molecule has 0 N–H and O–H groups in total. The third kappa shape index (κ3) is 4.91. The highest BCUT2D eigenvalue weighted by atomic mass is 32.2. The molecule has 2 rings (SSSR count). The minimum absolute atomic E-state index is 0.00616. The lowest BCUT2D eigenvalue weighted by Crippen LogP contribution is -2.31. The summed E-state index contributed by atoms with van der Waals surface area (Å²) >= 11 is 0. The molecule has 0 aromatic heterocycles. The normalized spacial score (nSPS) is 11.6. The van der Waals surface area contributed by atoms with Crippen molar-refractivity contribution in [3.8, 4) is 5.75 Å². The quantitative estimate of drug-likeness (QED) is 0.650. The van der Waals surface area contributed by atoms with Gasteiger partial charge < -0.3 is 9.64 Å². The summed E-state index contributed by atoms with van der Waals surface area (Å²) in [5.41, 5.74) is 0.112. The van der Waals surface area contributed by atoms with E-state index >= 15 is 0 Å². The molecule has 0 aliphatic carbocycles. The number of halogens is 2. The van der Waals surface area contributed by atoms with Gasteiger partial charge in [-0.25, -0.2) is 17.2 Å². The van der Waals surface area contributed by atoms with Crippen LogP contribution in [0.3, 0.4) is 0 Å². The number of benzene rings is 2. The zero-order valence-electron chi connectivity index (χ0n) is 16.8. The zero-order chi connectivity index (χ0) is 21.8. The molecule has 0 aliphatic heterocycles. The van der Waals surface area contributed by atoms with Gasteiger partial charge >= 0.3 is 0 Å². The lowest BCUT2D eigenvalue weighted by atomic mass is 10.1. The molecule has 0 aliphatic rings. The Kier molecular flexibility index (Phi) is 7.32. The van der Waals surface area contributed by atoms with Crippen LogP contribution in [0.2, 0.25) is 0 Å². The minimum atomic E-state index is -3.84. The Morgan fingerprint density at radius 3 is 2.24 bits per heavy atom. The smallest absolute Gasteiger partial charge is 0.256 e. The largest absolute Gasteiger partial charge is 0.494 e. The van der Waals surface area contributed by atoms with Gasteiger partial charge in [0.25, 0.3) is 5.91 Å². The number of hydrogen-bond acceptors (Lipinski definition) is 4. The Morgan fingerprint density at radius 2 is 1.69 bits per heavy atom. The van der Waals surface area contributed by atoms with Crippen molar-refractivity contribution in [1.29, 1.82) is 0 Å². The fourth-order valence-electron chi connectivity index (χ4n) is 2.90. The van der Waals surface area contributed by atoms with Crippen molar-refractivity contribution in [1.82, 2.24) is 9.21 Å². The standard InChI is InChI=1S/C20H24F2N2O4S/c1-5-24(6-2)29(26,27)15-8-9-17(21)16(12-15)20(25)23(3)13-14-7-10-19(28-4)18(22)11-14/h7-12H,5-6,13H2,1-4H3. The maximum Gasteiger partial charge on any atom is 0.256 e. The third-order valence-corrected chi connectivity index (χ3v) is 6.54. The van der Waals surface area contributed by atoms with Crippen LogP contribution in [0.4, 0.5) is 8.78 Å². The number of ether oxygens (including phenoxy) is 1. The highest BCUT2D eigenvalue weighted by Gasteiger charge is 2.25. The van der Waals surface area contributed by atoms with Crippen LogP contribution < -0.4 is 4.74 Å². The van der Waals surface area contributed by atoms with Gasteiger partial charge in [-0.2, -0.15) is 4.31 Å². The van der Waals surface area contributed by atoms with E-state index in [2.05, 4.69) is 0 Å². The van der Waals surface area contributed by atoms with Crippen molar-refractivity contribution in [3.63, 3.8) is 0 Å². The van der Waals surface area contributed by atoms with E-state index < -0.39 is 27.6 Å². The van der Waals surface area contributed by atoms with E-state index in [0.717, 1.165) is 18.2 Å². The first-order valence-electron chi connectivity index (χ1n) is 9.03. The minimum Gasteiger partial charge on any atom is -0.494 e. The molecule has 2 aromatic carbocycles. The second kappa shape index (κ2) is 9.32. The Morgan fingerprint density at radius 1 is 1.03 bits per heavy atom. The molecule has 9 heteroatoms. The van der Waals surface area contributed by atoms with Crippen molar-refractivity contribution in [3.05, 3.63) is 59.2 Å². The summed E-state index contributed by atoms with van der Waals surface area (Å²) in [6, 6.07) is 7.38. The van der Waals surface area contributed by atoms with E-state index in [0.29, 0.717) is 5.56 Å². The van der Waals surface area contributed by atoms with Crippen molar-refractivity contribution < 1.29 is 26.7 Å². The van der Waals surface area contributed by atoms with Gasteiger partial charge in [-0.3, -0.25) is 4.79 Å². The van der Waals surface area contributed by atoms with E-state index in [1.807, 2.05) is 0 Å². The van der Waals surface area contributed by atoms with Crippen LogP contribution in [0.25, 0.3) is 0 Å². The average molecular weight is 426 g/mol. The average Bonchev–Trinajstić information content (AvgIpc) is 2.68. The fourth-order valence-corrected chi connectivity index (χ4v) is 4.39. The maximum absolute atomic E-state index is 14.3. The molecule has 0 radical (unpaired) electrons. The van der Waals surface area contributed by atoms with E-state index in [1.165, 1.54) is 35.5 Å².